The number of aromatic nitrogens is 1. The summed E-state index contributed by atoms with van der Waals surface area (Å²) in [5.74, 6) is -0.307. The Hall–Kier alpha value is -1.42. The summed E-state index contributed by atoms with van der Waals surface area (Å²) < 4.78 is 4.53. The van der Waals surface area contributed by atoms with E-state index in [2.05, 4.69) is 9.72 Å². The molecule has 1 aromatic heterocycles. The lowest BCUT2D eigenvalue weighted by atomic mass is 10.1. The third kappa shape index (κ3) is 2.81. The van der Waals surface area contributed by atoms with Crippen molar-refractivity contribution in [3.63, 3.8) is 0 Å². The zero-order chi connectivity index (χ0) is 10.6. The smallest absolute Gasteiger partial charge is 0.307 e. The molecule has 0 aromatic carbocycles. The molecule has 1 atom stereocenters. The minimum absolute atomic E-state index is 0.182. The van der Waals surface area contributed by atoms with Gasteiger partial charge < -0.3 is 10.5 Å². The van der Waals surface area contributed by atoms with Crippen molar-refractivity contribution in [1.82, 2.24) is 4.98 Å². The molecule has 0 spiro atoms. The van der Waals surface area contributed by atoms with E-state index in [0.717, 1.165) is 11.3 Å². The van der Waals surface area contributed by atoms with Crippen molar-refractivity contribution in [2.75, 3.05) is 7.11 Å². The number of carbonyl (C=O) groups is 1. The summed E-state index contributed by atoms with van der Waals surface area (Å²) in [5, 5.41) is 0. The monoisotopic (exact) mass is 194 g/mol. The van der Waals surface area contributed by atoms with Gasteiger partial charge in [-0.1, -0.05) is 6.07 Å². The minimum Gasteiger partial charge on any atom is -0.469 e. The first-order valence-corrected chi connectivity index (χ1v) is 4.38. The van der Waals surface area contributed by atoms with E-state index in [4.69, 9.17) is 5.73 Å². The molecule has 4 nitrogen and oxygen atoms in total. The molecule has 0 aliphatic rings. The first-order valence-electron chi connectivity index (χ1n) is 4.38. The van der Waals surface area contributed by atoms with Crippen molar-refractivity contribution >= 4 is 5.97 Å². The maximum absolute atomic E-state index is 10.9. The number of aryl methyl sites for hydroxylation is 1. The minimum atomic E-state index is -0.337. The molecule has 0 radical (unpaired) electrons. The first-order chi connectivity index (χ1) is 6.63. The summed E-state index contributed by atoms with van der Waals surface area (Å²) in [5.41, 5.74) is 7.56. The Morgan fingerprint density at radius 1 is 1.64 bits per heavy atom. The first kappa shape index (κ1) is 10.7. The summed E-state index contributed by atoms with van der Waals surface area (Å²) in [6.45, 7) is 1.90. The van der Waals surface area contributed by atoms with Crippen LogP contribution in [0, 0.1) is 6.92 Å². The van der Waals surface area contributed by atoms with E-state index in [-0.39, 0.29) is 18.4 Å². The highest BCUT2D eigenvalue weighted by Crippen LogP contribution is 2.13. The summed E-state index contributed by atoms with van der Waals surface area (Å²) in [7, 11) is 1.35. The lowest BCUT2D eigenvalue weighted by Crippen LogP contribution is -2.16. The van der Waals surface area contributed by atoms with E-state index in [1.165, 1.54) is 7.11 Å². The number of hydrogen-bond donors (Lipinski definition) is 1. The number of nitrogens with two attached hydrogens (primary N) is 1. The van der Waals surface area contributed by atoms with Gasteiger partial charge in [0.25, 0.3) is 0 Å². The van der Waals surface area contributed by atoms with Gasteiger partial charge in [0.1, 0.15) is 0 Å². The molecule has 4 heteroatoms. The quantitative estimate of drug-likeness (QED) is 0.727. The number of carbonyl (C=O) groups excluding carboxylic acids is 1. The van der Waals surface area contributed by atoms with Gasteiger partial charge >= 0.3 is 5.97 Å². The molecule has 1 unspecified atom stereocenters. The van der Waals surface area contributed by atoms with E-state index in [1.807, 2.05) is 19.1 Å². The van der Waals surface area contributed by atoms with Crippen LogP contribution in [0.5, 0.6) is 0 Å². The Labute approximate surface area is 83.1 Å². The largest absolute Gasteiger partial charge is 0.469 e. The van der Waals surface area contributed by atoms with Crippen LogP contribution in [0.25, 0.3) is 0 Å². The predicted octanol–water partition coefficient (Wildman–Crippen LogP) is 0.953. The predicted molar refractivity (Wildman–Crippen MR) is 52.5 cm³/mol. The van der Waals surface area contributed by atoms with Gasteiger partial charge in [0, 0.05) is 17.9 Å². The molecule has 1 rings (SSSR count). The van der Waals surface area contributed by atoms with Crippen LogP contribution in [0.15, 0.2) is 18.3 Å². The fraction of sp³-hybridized carbons (Fsp3) is 0.400. The van der Waals surface area contributed by atoms with Crippen LogP contribution < -0.4 is 5.73 Å². The molecular formula is C10H14N2O2. The molecule has 0 amide bonds. The van der Waals surface area contributed by atoms with Crippen molar-refractivity contribution in [2.24, 2.45) is 5.73 Å². The fourth-order valence-electron chi connectivity index (χ4n) is 1.08. The number of ether oxygens (including phenoxy) is 1. The van der Waals surface area contributed by atoms with Crippen molar-refractivity contribution in [2.45, 2.75) is 19.4 Å². The second-order valence-corrected chi connectivity index (χ2v) is 3.12. The van der Waals surface area contributed by atoms with Crippen molar-refractivity contribution in [3.8, 4) is 0 Å². The van der Waals surface area contributed by atoms with Crippen LogP contribution in [0.1, 0.15) is 23.7 Å². The van der Waals surface area contributed by atoms with Gasteiger partial charge in [-0.15, -0.1) is 0 Å². The molecule has 1 aromatic rings. The van der Waals surface area contributed by atoms with Gasteiger partial charge in [-0.25, -0.2) is 0 Å². The Bertz CT molecular complexity index is 308. The lowest BCUT2D eigenvalue weighted by molar-refractivity contribution is -0.141. The average molecular weight is 194 g/mol. The SMILES string of the molecule is COC(=O)CC(N)c1ccc(C)nc1. The normalized spacial score (nSPS) is 12.2. The molecule has 14 heavy (non-hydrogen) atoms. The third-order valence-electron chi connectivity index (χ3n) is 1.98. The molecule has 0 saturated heterocycles. The van der Waals surface area contributed by atoms with Crippen LogP contribution in [0.4, 0.5) is 0 Å². The number of methoxy groups -OCH3 is 1. The molecule has 2 N–H and O–H groups in total. The van der Waals surface area contributed by atoms with Gasteiger partial charge in [0.15, 0.2) is 0 Å². The van der Waals surface area contributed by atoms with Crippen LogP contribution >= 0.6 is 0 Å². The highest BCUT2D eigenvalue weighted by molar-refractivity contribution is 5.70. The molecule has 1 heterocycles. The van der Waals surface area contributed by atoms with Gasteiger partial charge in [-0.3, -0.25) is 9.78 Å². The van der Waals surface area contributed by atoms with Crippen LogP contribution in [0.3, 0.4) is 0 Å². The van der Waals surface area contributed by atoms with E-state index >= 15 is 0 Å². The Kier molecular flexibility index (Phi) is 3.59. The zero-order valence-corrected chi connectivity index (χ0v) is 8.36. The number of rotatable bonds is 3. The van der Waals surface area contributed by atoms with Crippen molar-refractivity contribution in [1.29, 1.82) is 0 Å². The summed E-state index contributed by atoms with van der Waals surface area (Å²) >= 11 is 0. The maximum atomic E-state index is 10.9. The zero-order valence-electron chi connectivity index (χ0n) is 8.36. The van der Waals surface area contributed by atoms with Crippen molar-refractivity contribution < 1.29 is 9.53 Å². The Morgan fingerprint density at radius 2 is 2.36 bits per heavy atom. The molecule has 0 fully saturated rings. The highest BCUT2D eigenvalue weighted by atomic mass is 16.5. The second-order valence-electron chi connectivity index (χ2n) is 3.12. The molecule has 0 saturated carbocycles. The van der Waals surface area contributed by atoms with E-state index in [0.29, 0.717) is 0 Å². The van der Waals surface area contributed by atoms with Gasteiger partial charge in [0.05, 0.1) is 13.5 Å². The van der Waals surface area contributed by atoms with Crippen molar-refractivity contribution in [3.05, 3.63) is 29.6 Å². The Balaban J connectivity index is 2.65. The van der Waals surface area contributed by atoms with Gasteiger partial charge in [0.2, 0.25) is 0 Å². The summed E-state index contributed by atoms with van der Waals surface area (Å²) in [4.78, 5) is 15.0. The molecule has 0 aliphatic carbocycles. The van der Waals surface area contributed by atoms with Gasteiger partial charge in [-0.05, 0) is 18.6 Å². The van der Waals surface area contributed by atoms with E-state index in [1.54, 1.807) is 6.20 Å². The number of nitrogens with zero attached hydrogens (tertiary/aromatic N) is 1. The third-order valence-corrected chi connectivity index (χ3v) is 1.98. The molecule has 76 valence electrons. The fourth-order valence-corrected chi connectivity index (χ4v) is 1.08. The van der Waals surface area contributed by atoms with E-state index < -0.39 is 0 Å². The molecule has 0 bridgehead atoms. The number of hydrogen-bond acceptors (Lipinski definition) is 4. The van der Waals surface area contributed by atoms with Crippen LogP contribution in [-0.2, 0) is 9.53 Å². The summed E-state index contributed by atoms with van der Waals surface area (Å²) in [6.07, 6.45) is 1.87. The molecule has 0 aliphatic heterocycles. The topological polar surface area (TPSA) is 65.2 Å². The summed E-state index contributed by atoms with van der Waals surface area (Å²) in [6, 6.07) is 3.40. The Morgan fingerprint density at radius 3 is 2.86 bits per heavy atom. The standard InChI is InChI=1S/C10H14N2O2/c1-7-3-4-8(6-12-7)9(11)5-10(13)14-2/h3-4,6,9H,5,11H2,1-2H3. The van der Waals surface area contributed by atoms with Crippen LogP contribution in [-0.4, -0.2) is 18.1 Å². The lowest BCUT2D eigenvalue weighted by Gasteiger charge is -2.09. The van der Waals surface area contributed by atoms with Gasteiger partial charge in [-0.2, -0.15) is 0 Å². The van der Waals surface area contributed by atoms with E-state index in [9.17, 15) is 4.79 Å². The maximum Gasteiger partial charge on any atom is 0.307 e. The van der Waals surface area contributed by atoms with Crippen LogP contribution in [0.2, 0.25) is 0 Å². The second kappa shape index (κ2) is 4.72. The molecular weight excluding hydrogens is 180 g/mol. The number of pyridine rings is 1. The average Bonchev–Trinajstić information content (AvgIpc) is 2.18. The highest BCUT2D eigenvalue weighted by Gasteiger charge is 2.11. The number of esters is 1.